The molecule has 92 valence electrons. The van der Waals surface area contributed by atoms with Crippen molar-refractivity contribution in [1.82, 2.24) is 0 Å². The minimum atomic E-state index is -0.802. The van der Waals surface area contributed by atoms with Crippen LogP contribution in [0.1, 0.15) is 24.3 Å². The molecule has 0 aromatic heterocycles. The van der Waals surface area contributed by atoms with Crippen molar-refractivity contribution in [2.75, 3.05) is 11.5 Å². The van der Waals surface area contributed by atoms with Gasteiger partial charge < -0.3 is 5.11 Å². The first-order valence-electron chi connectivity index (χ1n) is 5.74. The first-order valence-corrected chi connectivity index (χ1v) is 6.90. The van der Waals surface area contributed by atoms with E-state index in [4.69, 9.17) is 0 Å². The van der Waals surface area contributed by atoms with Crippen molar-refractivity contribution in [2.45, 2.75) is 18.8 Å². The molecule has 2 unspecified atom stereocenters. The van der Waals surface area contributed by atoms with Gasteiger partial charge in [-0.25, -0.2) is 4.39 Å². The molecule has 4 heteroatoms. The Kier molecular flexibility index (Phi) is 4.05. The van der Waals surface area contributed by atoms with Crippen LogP contribution in [0, 0.1) is 11.7 Å². The second-order valence-corrected chi connectivity index (χ2v) is 5.49. The van der Waals surface area contributed by atoms with Gasteiger partial charge in [-0.2, -0.15) is 11.8 Å². The number of hydrogen-bond acceptors (Lipinski definition) is 2. The van der Waals surface area contributed by atoms with Gasteiger partial charge in [-0.15, -0.1) is 0 Å². The SMILES string of the molecule is O=C(O)C(c1ccc(F)cc1)C1CCCSC1. The number of carbonyl (C=O) groups is 1. The van der Waals surface area contributed by atoms with E-state index in [0.29, 0.717) is 5.56 Å². The Hall–Kier alpha value is -1.03. The molecule has 1 saturated heterocycles. The Morgan fingerprint density at radius 2 is 2.12 bits per heavy atom. The molecule has 1 aromatic rings. The average molecular weight is 254 g/mol. The van der Waals surface area contributed by atoms with Gasteiger partial charge in [0.1, 0.15) is 5.82 Å². The van der Waals surface area contributed by atoms with Gasteiger partial charge >= 0.3 is 5.97 Å². The van der Waals surface area contributed by atoms with Gasteiger partial charge in [0.25, 0.3) is 0 Å². The lowest BCUT2D eigenvalue weighted by Gasteiger charge is -2.27. The molecule has 2 nitrogen and oxygen atoms in total. The number of aliphatic carboxylic acids is 1. The van der Waals surface area contributed by atoms with Crippen LogP contribution in [-0.2, 0) is 4.79 Å². The van der Waals surface area contributed by atoms with Crippen LogP contribution < -0.4 is 0 Å². The van der Waals surface area contributed by atoms with Crippen molar-refractivity contribution < 1.29 is 14.3 Å². The lowest BCUT2D eigenvalue weighted by molar-refractivity contribution is -0.140. The summed E-state index contributed by atoms with van der Waals surface area (Å²) >= 11 is 1.81. The van der Waals surface area contributed by atoms with Crippen LogP contribution >= 0.6 is 11.8 Å². The Bertz CT molecular complexity index is 385. The Balaban J connectivity index is 2.21. The van der Waals surface area contributed by atoms with Crippen molar-refractivity contribution in [3.63, 3.8) is 0 Å². The van der Waals surface area contributed by atoms with Gasteiger partial charge in [0.05, 0.1) is 5.92 Å². The van der Waals surface area contributed by atoms with Gasteiger partial charge in [0, 0.05) is 0 Å². The minimum Gasteiger partial charge on any atom is -0.481 e. The number of hydrogen-bond donors (Lipinski definition) is 1. The van der Waals surface area contributed by atoms with Crippen molar-refractivity contribution >= 4 is 17.7 Å². The Morgan fingerprint density at radius 3 is 2.65 bits per heavy atom. The van der Waals surface area contributed by atoms with Crippen molar-refractivity contribution in [3.8, 4) is 0 Å². The molecule has 0 radical (unpaired) electrons. The van der Waals surface area contributed by atoms with E-state index in [9.17, 15) is 14.3 Å². The Labute approximate surface area is 104 Å². The topological polar surface area (TPSA) is 37.3 Å². The van der Waals surface area contributed by atoms with Crippen LogP contribution in [0.2, 0.25) is 0 Å². The molecule has 1 N–H and O–H groups in total. The molecule has 1 heterocycles. The first-order chi connectivity index (χ1) is 8.18. The summed E-state index contributed by atoms with van der Waals surface area (Å²) in [6.45, 7) is 0. The molecule has 0 spiro atoms. The highest BCUT2D eigenvalue weighted by Gasteiger charge is 2.30. The predicted molar refractivity (Wildman–Crippen MR) is 66.8 cm³/mol. The van der Waals surface area contributed by atoms with Gasteiger partial charge in [0.2, 0.25) is 0 Å². The fraction of sp³-hybridized carbons (Fsp3) is 0.462. The van der Waals surface area contributed by atoms with E-state index >= 15 is 0 Å². The maximum absolute atomic E-state index is 12.8. The smallest absolute Gasteiger partial charge is 0.311 e. The second-order valence-electron chi connectivity index (χ2n) is 4.34. The third-order valence-corrected chi connectivity index (χ3v) is 4.40. The van der Waals surface area contributed by atoms with Gasteiger partial charge in [-0.1, -0.05) is 12.1 Å². The summed E-state index contributed by atoms with van der Waals surface area (Å²) in [5.41, 5.74) is 0.714. The van der Waals surface area contributed by atoms with Crippen molar-refractivity contribution in [3.05, 3.63) is 35.6 Å². The number of benzene rings is 1. The van der Waals surface area contributed by atoms with E-state index in [2.05, 4.69) is 0 Å². The summed E-state index contributed by atoms with van der Waals surface area (Å²) in [6.07, 6.45) is 2.02. The zero-order valence-electron chi connectivity index (χ0n) is 9.43. The van der Waals surface area contributed by atoms with Crippen LogP contribution in [0.3, 0.4) is 0 Å². The summed E-state index contributed by atoms with van der Waals surface area (Å²) < 4.78 is 12.8. The zero-order chi connectivity index (χ0) is 12.3. The fourth-order valence-electron chi connectivity index (χ4n) is 2.32. The van der Waals surface area contributed by atoms with Gasteiger partial charge in [-0.05, 0) is 48.0 Å². The largest absolute Gasteiger partial charge is 0.481 e. The highest BCUT2D eigenvalue weighted by atomic mass is 32.2. The average Bonchev–Trinajstić information content (AvgIpc) is 2.33. The van der Waals surface area contributed by atoms with E-state index in [-0.39, 0.29) is 11.7 Å². The summed E-state index contributed by atoms with van der Waals surface area (Å²) in [5.74, 6) is 0.542. The summed E-state index contributed by atoms with van der Waals surface area (Å²) in [7, 11) is 0. The number of carboxylic acid groups (broad SMARTS) is 1. The van der Waals surface area contributed by atoms with E-state index in [1.54, 1.807) is 12.1 Å². The van der Waals surface area contributed by atoms with Crippen molar-refractivity contribution in [1.29, 1.82) is 0 Å². The van der Waals surface area contributed by atoms with Crippen molar-refractivity contribution in [2.24, 2.45) is 5.92 Å². The zero-order valence-corrected chi connectivity index (χ0v) is 10.3. The van der Waals surface area contributed by atoms with Crippen LogP contribution in [0.4, 0.5) is 4.39 Å². The molecule has 1 aliphatic heterocycles. The summed E-state index contributed by atoms with van der Waals surface area (Å²) in [4.78, 5) is 11.4. The quantitative estimate of drug-likeness (QED) is 0.900. The highest BCUT2D eigenvalue weighted by Crippen LogP contribution is 2.35. The lowest BCUT2D eigenvalue weighted by atomic mass is 9.84. The van der Waals surface area contributed by atoms with E-state index in [0.717, 1.165) is 24.3 Å². The van der Waals surface area contributed by atoms with Crippen LogP contribution in [0.5, 0.6) is 0 Å². The van der Waals surface area contributed by atoms with Crippen LogP contribution in [0.15, 0.2) is 24.3 Å². The number of rotatable bonds is 3. The number of halogens is 1. The standard InChI is InChI=1S/C13H15FO2S/c14-11-5-3-9(4-6-11)12(13(15)16)10-2-1-7-17-8-10/h3-6,10,12H,1-2,7-8H2,(H,15,16). The fourth-order valence-corrected chi connectivity index (χ4v) is 3.51. The van der Waals surface area contributed by atoms with E-state index in [1.165, 1.54) is 12.1 Å². The molecule has 2 rings (SSSR count). The third-order valence-electron chi connectivity index (χ3n) is 3.16. The number of thioether (sulfide) groups is 1. The van der Waals surface area contributed by atoms with Crippen LogP contribution in [-0.4, -0.2) is 22.6 Å². The molecule has 1 aromatic carbocycles. The van der Waals surface area contributed by atoms with Crippen LogP contribution in [0.25, 0.3) is 0 Å². The molecular weight excluding hydrogens is 239 g/mol. The molecule has 2 atom stereocenters. The Morgan fingerprint density at radius 1 is 1.41 bits per heavy atom. The first kappa shape index (κ1) is 12.4. The van der Waals surface area contributed by atoms with Gasteiger partial charge in [-0.3, -0.25) is 4.79 Å². The van der Waals surface area contributed by atoms with E-state index < -0.39 is 11.9 Å². The summed E-state index contributed by atoms with van der Waals surface area (Å²) in [6, 6.07) is 5.85. The molecule has 1 fully saturated rings. The molecule has 1 aliphatic rings. The normalized spacial score (nSPS) is 22.1. The monoisotopic (exact) mass is 254 g/mol. The molecule has 17 heavy (non-hydrogen) atoms. The molecule has 0 bridgehead atoms. The maximum atomic E-state index is 12.8. The molecule has 0 amide bonds. The second kappa shape index (κ2) is 5.54. The summed E-state index contributed by atoms with van der Waals surface area (Å²) in [5, 5.41) is 9.35. The molecule has 0 aliphatic carbocycles. The highest BCUT2D eigenvalue weighted by molar-refractivity contribution is 7.99. The maximum Gasteiger partial charge on any atom is 0.311 e. The lowest BCUT2D eigenvalue weighted by Crippen LogP contribution is -2.25. The number of carboxylic acids is 1. The van der Waals surface area contributed by atoms with Gasteiger partial charge in [0.15, 0.2) is 0 Å². The predicted octanol–water partition coefficient (Wildman–Crippen LogP) is 3.14. The molecule has 0 saturated carbocycles. The third kappa shape index (κ3) is 3.00. The van der Waals surface area contributed by atoms with E-state index in [1.807, 2.05) is 11.8 Å². The minimum absolute atomic E-state index is 0.164. The molecular formula is C13H15FO2S.